The fourth-order valence-corrected chi connectivity index (χ4v) is 16.8. The molecule has 1 aromatic rings. The molecule has 0 amide bonds. The van der Waals surface area contributed by atoms with E-state index in [1.165, 1.54) is 30.0 Å². The Morgan fingerprint density at radius 2 is 1.55 bits per heavy atom. The molecule has 9 unspecified atom stereocenters. The Balaban J connectivity index is 1.59. The number of allylic oxidation sites excluding steroid dienone is 13. The molecule has 1 aromatic carbocycles. The summed E-state index contributed by atoms with van der Waals surface area (Å²) < 4.78 is 0. The third kappa shape index (κ3) is 4.17. The Kier molecular flexibility index (Phi) is 6.79. The summed E-state index contributed by atoms with van der Waals surface area (Å²) in [6, 6.07) is 13.3. The van der Waals surface area contributed by atoms with Crippen molar-refractivity contribution in [3.05, 3.63) is 115 Å². The minimum atomic E-state index is -2.08. The molecule has 198 valence electrons. The van der Waals surface area contributed by atoms with Gasteiger partial charge in [0.15, 0.2) is 0 Å². The predicted molar refractivity (Wildman–Crippen MR) is 167 cm³/mol. The lowest BCUT2D eigenvalue weighted by Gasteiger charge is -2.50. The molecule has 9 atom stereocenters. The molecule has 5 aliphatic rings. The van der Waals surface area contributed by atoms with Gasteiger partial charge in [-0.3, -0.25) is 0 Å². The van der Waals surface area contributed by atoms with Crippen molar-refractivity contribution in [2.75, 3.05) is 0 Å². The molecule has 2 saturated carbocycles. The van der Waals surface area contributed by atoms with Crippen LogP contribution in [0.3, 0.4) is 0 Å². The van der Waals surface area contributed by atoms with Crippen LogP contribution in [-0.4, -0.2) is 8.07 Å². The standard InChI is InChI=1S/C37H46Si/c1-6-7-23-38(29-14-9-8-10-15-29,35-22-18-27-13-11-12-16-30(27)35)36-33-24-26(2)17-20-31(33)32-21-19-28(25-34(32)36)37(3,4)5/h6,8-17,19-21,24-25,27,30-36H,1,7,18,22-23H2,2-5H3. The third-order valence-electron chi connectivity index (χ3n) is 10.8. The summed E-state index contributed by atoms with van der Waals surface area (Å²) in [5, 5.41) is 1.71. The molecule has 2 fully saturated rings. The Hall–Kier alpha value is -2.38. The lowest BCUT2D eigenvalue weighted by atomic mass is 9.76. The molecule has 0 aliphatic heterocycles. The van der Waals surface area contributed by atoms with Crippen LogP contribution in [0.1, 0.15) is 47.0 Å². The van der Waals surface area contributed by atoms with Crippen LogP contribution in [0.15, 0.2) is 115 Å². The van der Waals surface area contributed by atoms with Crippen molar-refractivity contribution in [1.82, 2.24) is 0 Å². The van der Waals surface area contributed by atoms with Gasteiger partial charge in [-0.05, 0) is 83.4 Å². The van der Waals surface area contributed by atoms with E-state index >= 15 is 0 Å². The molecule has 0 bridgehead atoms. The second-order valence-electron chi connectivity index (χ2n) is 13.8. The van der Waals surface area contributed by atoms with Crippen LogP contribution in [0.4, 0.5) is 0 Å². The molecule has 0 N–H and O–H groups in total. The molecule has 0 saturated heterocycles. The summed E-state index contributed by atoms with van der Waals surface area (Å²) in [4.78, 5) is 0. The second-order valence-corrected chi connectivity index (χ2v) is 18.3. The molecule has 0 radical (unpaired) electrons. The van der Waals surface area contributed by atoms with Gasteiger partial charge in [-0.15, -0.1) is 6.58 Å². The maximum Gasteiger partial charge on any atom is 0.0949 e. The predicted octanol–water partition coefficient (Wildman–Crippen LogP) is 9.35. The highest BCUT2D eigenvalue weighted by Gasteiger charge is 2.62. The Morgan fingerprint density at radius 1 is 0.842 bits per heavy atom. The van der Waals surface area contributed by atoms with Gasteiger partial charge in [0.2, 0.25) is 0 Å². The lowest BCUT2D eigenvalue weighted by Crippen LogP contribution is -2.59. The van der Waals surface area contributed by atoms with E-state index in [-0.39, 0.29) is 5.41 Å². The van der Waals surface area contributed by atoms with E-state index in [2.05, 4.69) is 131 Å². The molecular weight excluding hydrogens is 472 g/mol. The number of hydrogen-bond acceptors (Lipinski definition) is 0. The molecule has 0 spiro atoms. The number of hydrogen-bond donors (Lipinski definition) is 0. The zero-order valence-electron chi connectivity index (χ0n) is 23.9. The van der Waals surface area contributed by atoms with Crippen LogP contribution < -0.4 is 5.19 Å². The number of fused-ring (bicyclic) bond motifs is 4. The van der Waals surface area contributed by atoms with Crippen molar-refractivity contribution < 1.29 is 0 Å². The molecule has 1 heteroatoms. The number of rotatable bonds is 6. The molecule has 0 heterocycles. The number of benzene rings is 1. The van der Waals surface area contributed by atoms with Gasteiger partial charge in [-0.1, -0.05) is 135 Å². The minimum absolute atomic E-state index is 0.175. The van der Waals surface area contributed by atoms with Gasteiger partial charge in [0.05, 0.1) is 8.07 Å². The quantitative estimate of drug-likeness (QED) is 0.260. The highest BCUT2D eigenvalue weighted by Crippen LogP contribution is 2.65. The van der Waals surface area contributed by atoms with Crippen molar-refractivity contribution in [3.8, 4) is 0 Å². The monoisotopic (exact) mass is 518 g/mol. The van der Waals surface area contributed by atoms with Crippen molar-refractivity contribution >= 4 is 13.3 Å². The molecule has 6 rings (SSSR count). The second kappa shape index (κ2) is 9.98. The maximum atomic E-state index is 4.26. The molecule has 38 heavy (non-hydrogen) atoms. The largest absolute Gasteiger partial charge is 0.103 e. The van der Waals surface area contributed by atoms with E-state index in [0.717, 1.165) is 12.0 Å². The Morgan fingerprint density at radius 3 is 2.29 bits per heavy atom. The SMILES string of the molecule is C=CCC[Si](c1ccccc1)(C1CCC2C=CC=CC21)C1C2C=C(C)C=CC2C2C=CC(C(C)(C)C)=CC21. The van der Waals surface area contributed by atoms with Crippen molar-refractivity contribution in [2.45, 2.75) is 64.1 Å². The zero-order valence-corrected chi connectivity index (χ0v) is 24.9. The van der Waals surface area contributed by atoms with Gasteiger partial charge < -0.3 is 0 Å². The van der Waals surface area contributed by atoms with Crippen LogP contribution in [0.25, 0.3) is 0 Å². The normalized spacial score (nSPS) is 36.6. The molecular formula is C37H46Si. The van der Waals surface area contributed by atoms with E-state index in [0.29, 0.717) is 41.0 Å². The first kappa shape index (κ1) is 25.9. The summed E-state index contributed by atoms with van der Waals surface area (Å²) in [5.41, 5.74) is 4.65. The van der Waals surface area contributed by atoms with Gasteiger partial charge in [0.25, 0.3) is 0 Å². The van der Waals surface area contributed by atoms with Crippen LogP contribution in [0, 0.1) is 40.9 Å². The fraction of sp³-hybridized carbons (Fsp3) is 0.459. The Labute approximate surface area is 232 Å². The van der Waals surface area contributed by atoms with Gasteiger partial charge in [-0.2, -0.15) is 0 Å². The summed E-state index contributed by atoms with van der Waals surface area (Å²) in [6.07, 6.45) is 31.4. The summed E-state index contributed by atoms with van der Waals surface area (Å²) in [6.45, 7) is 13.8. The maximum absolute atomic E-state index is 4.26. The van der Waals surface area contributed by atoms with E-state index in [1.807, 2.05) is 0 Å². The smallest absolute Gasteiger partial charge is 0.0949 e. The lowest BCUT2D eigenvalue weighted by molar-refractivity contribution is 0.441. The first-order chi connectivity index (χ1) is 18.3. The van der Waals surface area contributed by atoms with E-state index in [1.54, 1.807) is 5.19 Å². The Bertz CT molecular complexity index is 1230. The summed E-state index contributed by atoms with van der Waals surface area (Å²) in [7, 11) is -2.08. The van der Waals surface area contributed by atoms with E-state index in [4.69, 9.17) is 0 Å². The van der Waals surface area contributed by atoms with E-state index < -0.39 is 8.07 Å². The van der Waals surface area contributed by atoms with Gasteiger partial charge in [0.1, 0.15) is 0 Å². The fourth-order valence-electron chi connectivity index (χ4n) is 9.27. The first-order valence-corrected chi connectivity index (χ1v) is 17.5. The highest BCUT2D eigenvalue weighted by atomic mass is 28.3. The van der Waals surface area contributed by atoms with Gasteiger partial charge in [0, 0.05) is 0 Å². The third-order valence-corrected chi connectivity index (χ3v) is 17.3. The molecule has 0 nitrogen and oxygen atoms in total. The average molecular weight is 519 g/mol. The van der Waals surface area contributed by atoms with Crippen LogP contribution >= 0.6 is 0 Å². The van der Waals surface area contributed by atoms with Crippen LogP contribution in [0.5, 0.6) is 0 Å². The van der Waals surface area contributed by atoms with Crippen molar-refractivity contribution in [2.24, 2.45) is 40.9 Å². The first-order valence-electron chi connectivity index (χ1n) is 15.1. The molecule has 5 aliphatic carbocycles. The minimum Gasteiger partial charge on any atom is -0.103 e. The average Bonchev–Trinajstić information content (AvgIpc) is 3.49. The zero-order chi connectivity index (χ0) is 26.5. The van der Waals surface area contributed by atoms with E-state index in [9.17, 15) is 0 Å². The van der Waals surface area contributed by atoms with Crippen molar-refractivity contribution in [3.63, 3.8) is 0 Å². The van der Waals surface area contributed by atoms with Crippen molar-refractivity contribution in [1.29, 1.82) is 0 Å². The molecule has 0 aromatic heterocycles. The van der Waals surface area contributed by atoms with Crippen LogP contribution in [-0.2, 0) is 0 Å². The summed E-state index contributed by atoms with van der Waals surface area (Å²) in [5.74, 6) is 3.84. The topological polar surface area (TPSA) is 0 Å². The van der Waals surface area contributed by atoms with Crippen LogP contribution in [0.2, 0.25) is 17.1 Å². The highest BCUT2D eigenvalue weighted by molar-refractivity contribution is 6.94. The summed E-state index contributed by atoms with van der Waals surface area (Å²) >= 11 is 0. The van der Waals surface area contributed by atoms with Gasteiger partial charge >= 0.3 is 0 Å². The van der Waals surface area contributed by atoms with Gasteiger partial charge in [-0.25, -0.2) is 0 Å².